The Hall–Kier alpha value is -4.84. The van der Waals surface area contributed by atoms with Gasteiger partial charge in [0.05, 0.1) is 60.9 Å². The number of benzene rings is 2. The number of hydrogen-bond donors (Lipinski definition) is 1. The lowest BCUT2D eigenvalue weighted by molar-refractivity contribution is -0.119. The van der Waals surface area contributed by atoms with Crippen LogP contribution in [0.3, 0.4) is 0 Å². The van der Waals surface area contributed by atoms with Crippen molar-refractivity contribution >= 4 is 29.1 Å². The number of ether oxygens (including phenoxy) is 3. The third kappa shape index (κ3) is 7.19. The Labute approximate surface area is 306 Å². The van der Waals surface area contributed by atoms with E-state index in [1.807, 2.05) is 42.5 Å². The van der Waals surface area contributed by atoms with Crippen molar-refractivity contribution in [2.75, 3.05) is 21.3 Å². The highest BCUT2D eigenvalue weighted by molar-refractivity contribution is 6.39. The molecule has 51 heavy (non-hydrogen) atoms. The van der Waals surface area contributed by atoms with Gasteiger partial charge in [0.1, 0.15) is 17.1 Å². The number of aromatic nitrogens is 5. The molecule has 2 aliphatic rings. The van der Waals surface area contributed by atoms with Crippen molar-refractivity contribution < 1.29 is 19.0 Å². The Morgan fingerprint density at radius 1 is 0.804 bits per heavy atom. The van der Waals surface area contributed by atoms with Crippen molar-refractivity contribution in [1.82, 2.24) is 35.1 Å². The van der Waals surface area contributed by atoms with Gasteiger partial charge < -0.3 is 19.5 Å². The number of pyridine rings is 1. The molecule has 0 unspecified atom stereocenters. The third-order valence-corrected chi connectivity index (χ3v) is 10.2. The van der Waals surface area contributed by atoms with Crippen LogP contribution in [0.25, 0.3) is 33.6 Å². The van der Waals surface area contributed by atoms with Gasteiger partial charge in [0.25, 0.3) is 0 Å². The van der Waals surface area contributed by atoms with E-state index in [9.17, 15) is 4.79 Å². The topological polar surface area (TPSA) is 124 Å². The third-order valence-electron chi connectivity index (χ3n) is 9.35. The molecular formula is C38H37Cl2N7O4. The summed E-state index contributed by atoms with van der Waals surface area (Å²) >= 11 is 14.2. The molecule has 2 aliphatic heterocycles. The van der Waals surface area contributed by atoms with Crippen LogP contribution in [0.2, 0.25) is 10.0 Å². The Balaban J connectivity index is 1.11. The van der Waals surface area contributed by atoms with E-state index in [1.54, 1.807) is 39.9 Å². The molecule has 0 bridgehead atoms. The number of nitrogens with one attached hydrogen (secondary N) is 1. The van der Waals surface area contributed by atoms with Gasteiger partial charge in [-0.1, -0.05) is 59.6 Å². The largest absolute Gasteiger partial charge is 0.496 e. The van der Waals surface area contributed by atoms with Gasteiger partial charge in [-0.2, -0.15) is 0 Å². The molecule has 2 aromatic carbocycles. The van der Waals surface area contributed by atoms with Crippen molar-refractivity contribution in [3.8, 4) is 51.2 Å². The second-order valence-corrected chi connectivity index (χ2v) is 13.3. The summed E-state index contributed by atoms with van der Waals surface area (Å²) in [5.74, 6) is 1.83. The van der Waals surface area contributed by atoms with Crippen LogP contribution >= 0.6 is 23.2 Å². The van der Waals surface area contributed by atoms with Gasteiger partial charge in [0.2, 0.25) is 17.7 Å². The fraction of sp³-hybridized carbons (Fsp3) is 0.316. The first-order valence-electron chi connectivity index (χ1n) is 16.8. The van der Waals surface area contributed by atoms with E-state index < -0.39 is 0 Å². The fourth-order valence-electron chi connectivity index (χ4n) is 6.77. The molecule has 5 aromatic rings. The minimum absolute atomic E-state index is 0.122. The highest BCUT2D eigenvalue weighted by Gasteiger charge is 2.26. The summed E-state index contributed by atoms with van der Waals surface area (Å²) in [5, 5.41) is 3.98. The summed E-state index contributed by atoms with van der Waals surface area (Å²) in [5.41, 5.74) is 7.57. The highest BCUT2D eigenvalue weighted by Crippen LogP contribution is 2.42. The van der Waals surface area contributed by atoms with Crippen molar-refractivity contribution in [2.45, 2.75) is 57.8 Å². The van der Waals surface area contributed by atoms with Crippen LogP contribution in [-0.2, 0) is 30.8 Å². The quantitative estimate of drug-likeness (QED) is 0.142. The molecule has 1 fully saturated rings. The number of halogens is 2. The van der Waals surface area contributed by atoms with Crippen LogP contribution in [0.5, 0.6) is 17.5 Å². The van der Waals surface area contributed by atoms with Crippen LogP contribution in [0.1, 0.15) is 48.3 Å². The van der Waals surface area contributed by atoms with Crippen LogP contribution in [0.4, 0.5) is 0 Å². The minimum Gasteiger partial charge on any atom is -0.496 e. The molecule has 13 heteroatoms. The molecule has 3 aromatic heterocycles. The average molecular weight is 727 g/mol. The second kappa shape index (κ2) is 15.2. The summed E-state index contributed by atoms with van der Waals surface area (Å²) in [6, 6.07) is 13.6. The molecule has 1 N–H and O–H groups in total. The maximum absolute atomic E-state index is 11.5. The van der Waals surface area contributed by atoms with E-state index >= 15 is 0 Å². The number of aryl methyl sites for hydroxylation is 1. The second-order valence-electron chi connectivity index (χ2n) is 12.5. The zero-order valence-corrected chi connectivity index (χ0v) is 30.1. The fourth-order valence-corrected chi connectivity index (χ4v) is 7.42. The van der Waals surface area contributed by atoms with E-state index in [1.165, 1.54) is 0 Å². The number of fused-ring (bicyclic) bond motifs is 1. The number of carbonyl (C=O) groups is 1. The van der Waals surface area contributed by atoms with Gasteiger partial charge in [-0.3, -0.25) is 24.6 Å². The van der Waals surface area contributed by atoms with Gasteiger partial charge in [-0.15, -0.1) is 0 Å². The number of rotatable bonds is 12. The van der Waals surface area contributed by atoms with E-state index in [2.05, 4.69) is 15.2 Å². The first-order valence-corrected chi connectivity index (χ1v) is 17.5. The van der Waals surface area contributed by atoms with Crippen LogP contribution in [0, 0.1) is 0 Å². The predicted molar refractivity (Wildman–Crippen MR) is 195 cm³/mol. The van der Waals surface area contributed by atoms with Crippen molar-refractivity contribution in [1.29, 1.82) is 0 Å². The molecule has 0 spiro atoms. The van der Waals surface area contributed by atoms with Crippen molar-refractivity contribution in [3.05, 3.63) is 93.7 Å². The van der Waals surface area contributed by atoms with Gasteiger partial charge in [-0.05, 0) is 31.7 Å². The Kier molecular flexibility index (Phi) is 10.3. The lowest BCUT2D eigenvalue weighted by Crippen LogP contribution is -2.25. The molecule has 1 atom stereocenters. The Bertz CT molecular complexity index is 2100. The summed E-state index contributed by atoms with van der Waals surface area (Å²) < 4.78 is 16.9. The molecule has 0 saturated carbocycles. The Morgan fingerprint density at radius 2 is 1.43 bits per heavy atom. The molecular weight excluding hydrogens is 689 g/mol. The maximum atomic E-state index is 11.5. The zero-order valence-electron chi connectivity index (χ0n) is 28.6. The number of hydrogen-bond acceptors (Lipinski definition) is 10. The normalized spacial score (nSPS) is 15.5. The standard InChI is InChI=1S/C38H37Cl2N7O4/c1-49-33-15-16-41-31-20-47(19-27(31)33)21-32-38(51-3)46-30(18-43-32)26-11-6-9-24(36(26)40)23-8-5-10-25(35(23)39)29-17-42-28(37(45-29)50-2)12-4-7-22-13-14-34(48)44-22/h5-6,8-11,15-18,22H,4,7,12-14,19-21H2,1-3H3,(H,44,48)/t22-/m1/s1. The molecule has 1 saturated heterocycles. The summed E-state index contributed by atoms with van der Waals surface area (Å²) in [6.07, 6.45) is 9.11. The molecule has 11 nitrogen and oxygen atoms in total. The van der Waals surface area contributed by atoms with Gasteiger partial charge in [0.15, 0.2) is 0 Å². The van der Waals surface area contributed by atoms with Crippen molar-refractivity contribution in [3.63, 3.8) is 0 Å². The maximum Gasteiger partial charge on any atom is 0.237 e. The molecule has 0 radical (unpaired) electrons. The number of nitrogens with zero attached hydrogens (tertiary/aromatic N) is 6. The lowest BCUT2D eigenvalue weighted by Gasteiger charge is -2.17. The van der Waals surface area contributed by atoms with Gasteiger partial charge in [-0.25, -0.2) is 9.97 Å². The SMILES string of the molecule is COc1ccnc2c1CN(Cc1ncc(-c3cccc(-c4cccc(-c5cnc(CCC[C@@H]6CCC(=O)N6)c(OC)n5)c4Cl)c3Cl)nc1OC)C2. The first kappa shape index (κ1) is 34.6. The summed E-state index contributed by atoms with van der Waals surface area (Å²) in [4.78, 5) is 37.3. The Morgan fingerprint density at radius 3 is 2.04 bits per heavy atom. The van der Waals surface area contributed by atoms with Gasteiger partial charge >= 0.3 is 0 Å². The molecule has 1 amide bonds. The summed E-state index contributed by atoms with van der Waals surface area (Å²) in [6.45, 7) is 1.90. The lowest BCUT2D eigenvalue weighted by atomic mass is 9.98. The molecule has 7 rings (SSSR count). The van der Waals surface area contributed by atoms with Crippen LogP contribution in [0.15, 0.2) is 61.1 Å². The smallest absolute Gasteiger partial charge is 0.237 e. The summed E-state index contributed by atoms with van der Waals surface area (Å²) in [7, 11) is 4.85. The molecule has 262 valence electrons. The predicted octanol–water partition coefficient (Wildman–Crippen LogP) is 7.11. The van der Waals surface area contributed by atoms with Gasteiger partial charge in [0, 0.05) is 66.1 Å². The number of carbonyl (C=O) groups excluding carboxylic acids is 1. The monoisotopic (exact) mass is 725 g/mol. The number of methoxy groups -OCH3 is 3. The number of amides is 1. The van der Waals surface area contributed by atoms with Crippen molar-refractivity contribution in [2.24, 2.45) is 0 Å². The first-order chi connectivity index (χ1) is 24.9. The zero-order chi connectivity index (χ0) is 35.5. The highest BCUT2D eigenvalue weighted by atomic mass is 35.5. The van der Waals surface area contributed by atoms with E-state index in [0.29, 0.717) is 82.5 Å². The van der Waals surface area contributed by atoms with Crippen LogP contribution < -0.4 is 19.5 Å². The average Bonchev–Trinajstić information content (AvgIpc) is 3.77. The molecule has 0 aliphatic carbocycles. The minimum atomic E-state index is 0.122. The molecule has 5 heterocycles. The van der Waals surface area contributed by atoms with Crippen LogP contribution in [-0.4, -0.2) is 63.1 Å². The van der Waals surface area contributed by atoms with E-state index in [-0.39, 0.29) is 11.9 Å². The van der Waals surface area contributed by atoms with E-state index in [0.717, 1.165) is 53.1 Å². The van der Waals surface area contributed by atoms with E-state index in [4.69, 9.17) is 57.3 Å².